The Morgan fingerprint density at radius 2 is 1.00 bits per heavy atom. The number of nitrogens with one attached hydrogen (secondary N) is 2. The summed E-state index contributed by atoms with van der Waals surface area (Å²) < 4.78 is 0. The van der Waals surface area contributed by atoms with E-state index in [1.165, 1.54) is 25.7 Å². The number of hydrogen-bond donors (Lipinski definition) is 2. The van der Waals surface area contributed by atoms with Crippen LogP contribution >= 0.6 is 0 Å². The fraction of sp³-hybridized carbons (Fsp3) is 0.429. The molecule has 2 heterocycles. The Morgan fingerprint density at radius 1 is 0.611 bits per heavy atom. The second-order valence-electron chi connectivity index (χ2n) is 9.87. The van der Waals surface area contributed by atoms with Gasteiger partial charge in [0, 0.05) is 59.6 Å². The third-order valence-corrected chi connectivity index (χ3v) is 7.29. The van der Waals surface area contributed by atoms with E-state index >= 15 is 0 Å². The van der Waals surface area contributed by atoms with E-state index in [1.54, 1.807) is 36.4 Å². The molecule has 0 spiro atoms. The van der Waals surface area contributed by atoms with Gasteiger partial charge < -0.3 is 20.4 Å². The van der Waals surface area contributed by atoms with Crippen molar-refractivity contribution in [3.8, 4) is 0 Å². The molecule has 0 unspecified atom stereocenters. The maximum absolute atomic E-state index is 13.2. The standard InChI is InChI=1S/C28H32N4O4/c33-25(9-15-31-11-1-2-12-31)29-19-5-7-21-23(17-19)27(35)22-8-6-20(18-24(22)28(21)36)30-26(34)10-16-32-13-3-4-14-32/h5-8,17-18H,1-4,9-16H2,(H,29,33)(H,30,34). The molecule has 2 fully saturated rings. The molecule has 2 saturated heterocycles. The van der Waals surface area contributed by atoms with Crippen LogP contribution in [0.25, 0.3) is 0 Å². The molecule has 2 amide bonds. The lowest BCUT2D eigenvalue weighted by molar-refractivity contribution is -0.117. The number of rotatable bonds is 8. The number of ketones is 2. The van der Waals surface area contributed by atoms with Crippen molar-refractivity contribution in [3.63, 3.8) is 0 Å². The van der Waals surface area contributed by atoms with Gasteiger partial charge in [-0.25, -0.2) is 0 Å². The highest BCUT2D eigenvalue weighted by Gasteiger charge is 2.30. The van der Waals surface area contributed by atoms with Crippen LogP contribution in [0, 0.1) is 0 Å². The Balaban J connectivity index is 1.24. The first kappa shape index (κ1) is 24.3. The zero-order valence-corrected chi connectivity index (χ0v) is 20.5. The van der Waals surface area contributed by atoms with Gasteiger partial charge in [0.25, 0.3) is 0 Å². The number of fused-ring (bicyclic) bond motifs is 2. The predicted molar refractivity (Wildman–Crippen MR) is 138 cm³/mol. The first-order valence-corrected chi connectivity index (χ1v) is 12.9. The first-order valence-electron chi connectivity index (χ1n) is 12.9. The van der Waals surface area contributed by atoms with Crippen LogP contribution in [0.1, 0.15) is 70.4 Å². The molecule has 2 aromatic carbocycles. The second kappa shape index (κ2) is 10.7. The van der Waals surface area contributed by atoms with Gasteiger partial charge in [-0.15, -0.1) is 0 Å². The number of carbonyl (C=O) groups excluding carboxylic acids is 4. The number of likely N-dealkylation sites (tertiary alicyclic amines) is 2. The average molecular weight is 489 g/mol. The molecule has 2 N–H and O–H groups in total. The summed E-state index contributed by atoms with van der Waals surface area (Å²) in [6.07, 6.45) is 5.49. The fourth-order valence-corrected chi connectivity index (χ4v) is 5.28. The summed E-state index contributed by atoms with van der Waals surface area (Å²) >= 11 is 0. The molecule has 2 aromatic rings. The molecular weight excluding hydrogens is 456 g/mol. The Bertz CT molecular complexity index is 1100. The molecule has 8 heteroatoms. The van der Waals surface area contributed by atoms with Crippen molar-refractivity contribution in [2.75, 3.05) is 49.9 Å². The lowest BCUT2D eigenvalue weighted by Crippen LogP contribution is -2.26. The topological polar surface area (TPSA) is 98.8 Å². The summed E-state index contributed by atoms with van der Waals surface area (Å²) in [7, 11) is 0. The van der Waals surface area contributed by atoms with Crippen LogP contribution in [0.4, 0.5) is 11.4 Å². The molecule has 0 aromatic heterocycles. The van der Waals surface area contributed by atoms with Gasteiger partial charge in [0.05, 0.1) is 0 Å². The highest BCUT2D eigenvalue weighted by atomic mass is 16.2. The molecule has 0 radical (unpaired) electrons. The van der Waals surface area contributed by atoms with Crippen LogP contribution in [0.2, 0.25) is 0 Å². The highest BCUT2D eigenvalue weighted by molar-refractivity contribution is 6.29. The van der Waals surface area contributed by atoms with Gasteiger partial charge in [-0.2, -0.15) is 0 Å². The SMILES string of the molecule is O=C(CCN1CCCC1)Nc1ccc2c(c1)C(=O)c1ccc(NC(=O)CCN3CCCC3)cc1C2=O. The Hall–Kier alpha value is -3.36. The number of nitrogens with zero attached hydrogens (tertiary/aromatic N) is 2. The Morgan fingerprint density at radius 3 is 1.39 bits per heavy atom. The number of hydrogen-bond acceptors (Lipinski definition) is 6. The smallest absolute Gasteiger partial charge is 0.225 e. The molecule has 1 aliphatic carbocycles. The molecule has 36 heavy (non-hydrogen) atoms. The largest absolute Gasteiger partial charge is 0.326 e. The van der Waals surface area contributed by atoms with Crippen LogP contribution in [0.5, 0.6) is 0 Å². The van der Waals surface area contributed by atoms with E-state index in [1.807, 2.05) is 0 Å². The maximum Gasteiger partial charge on any atom is 0.225 e. The quantitative estimate of drug-likeness (QED) is 0.505. The normalized spacial score (nSPS) is 17.7. The van der Waals surface area contributed by atoms with Crippen molar-refractivity contribution in [2.45, 2.75) is 38.5 Å². The van der Waals surface area contributed by atoms with Gasteiger partial charge in [0.15, 0.2) is 11.6 Å². The summed E-state index contributed by atoms with van der Waals surface area (Å²) in [5.41, 5.74) is 2.19. The van der Waals surface area contributed by atoms with Crippen LogP contribution < -0.4 is 10.6 Å². The average Bonchev–Trinajstić information content (AvgIpc) is 3.59. The zero-order valence-electron chi connectivity index (χ0n) is 20.5. The van der Waals surface area contributed by atoms with Gasteiger partial charge in [-0.05, 0) is 88.3 Å². The molecule has 8 nitrogen and oxygen atoms in total. The van der Waals surface area contributed by atoms with Gasteiger partial charge >= 0.3 is 0 Å². The summed E-state index contributed by atoms with van der Waals surface area (Å²) in [5, 5.41) is 5.72. The van der Waals surface area contributed by atoms with Crippen molar-refractivity contribution in [2.24, 2.45) is 0 Å². The molecule has 0 saturated carbocycles. The minimum atomic E-state index is -0.264. The van der Waals surface area contributed by atoms with E-state index in [2.05, 4.69) is 20.4 Å². The predicted octanol–water partition coefficient (Wildman–Crippen LogP) is 3.31. The van der Waals surface area contributed by atoms with Gasteiger partial charge in [0.2, 0.25) is 11.8 Å². The van der Waals surface area contributed by atoms with E-state index in [9.17, 15) is 19.2 Å². The van der Waals surface area contributed by atoms with Gasteiger partial charge in [-0.3, -0.25) is 19.2 Å². The summed E-state index contributed by atoms with van der Waals surface area (Å²) in [6, 6.07) is 9.67. The molecular formula is C28H32N4O4. The zero-order chi connectivity index (χ0) is 25.1. The van der Waals surface area contributed by atoms with E-state index < -0.39 is 0 Å². The molecule has 2 aliphatic heterocycles. The van der Waals surface area contributed by atoms with Crippen molar-refractivity contribution >= 4 is 34.8 Å². The monoisotopic (exact) mass is 488 g/mol. The van der Waals surface area contributed by atoms with Crippen molar-refractivity contribution in [3.05, 3.63) is 58.7 Å². The molecule has 0 atom stereocenters. The van der Waals surface area contributed by atoms with E-state index in [-0.39, 0.29) is 34.5 Å². The third-order valence-electron chi connectivity index (χ3n) is 7.29. The minimum absolute atomic E-state index is 0.109. The number of carbonyl (C=O) groups is 4. The van der Waals surface area contributed by atoms with Crippen LogP contribution in [0.3, 0.4) is 0 Å². The van der Waals surface area contributed by atoms with E-state index in [4.69, 9.17) is 0 Å². The number of amides is 2. The molecule has 0 bridgehead atoms. The van der Waals surface area contributed by atoms with Crippen molar-refractivity contribution in [1.82, 2.24) is 9.80 Å². The van der Waals surface area contributed by atoms with Crippen LogP contribution in [-0.4, -0.2) is 72.4 Å². The Kier molecular flexibility index (Phi) is 7.25. The molecule has 188 valence electrons. The van der Waals surface area contributed by atoms with Gasteiger partial charge in [0.1, 0.15) is 0 Å². The van der Waals surface area contributed by atoms with Crippen molar-refractivity contribution in [1.29, 1.82) is 0 Å². The summed E-state index contributed by atoms with van der Waals surface area (Å²) in [4.78, 5) is 55.8. The molecule has 3 aliphatic rings. The summed E-state index contributed by atoms with van der Waals surface area (Å²) in [6.45, 7) is 5.58. The lowest BCUT2D eigenvalue weighted by Gasteiger charge is -2.20. The Labute approximate surface area is 211 Å². The number of anilines is 2. The fourth-order valence-electron chi connectivity index (χ4n) is 5.28. The van der Waals surface area contributed by atoms with E-state index in [0.717, 1.165) is 39.3 Å². The molecule has 5 rings (SSSR count). The van der Waals surface area contributed by atoms with Crippen LogP contribution in [-0.2, 0) is 9.59 Å². The van der Waals surface area contributed by atoms with Crippen LogP contribution in [0.15, 0.2) is 36.4 Å². The van der Waals surface area contributed by atoms with E-state index in [0.29, 0.717) is 35.3 Å². The van der Waals surface area contributed by atoms with Gasteiger partial charge in [-0.1, -0.05) is 0 Å². The first-order chi connectivity index (χ1) is 17.5. The highest BCUT2D eigenvalue weighted by Crippen LogP contribution is 2.31. The lowest BCUT2D eigenvalue weighted by atomic mass is 9.83. The minimum Gasteiger partial charge on any atom is -0.326 e. The third kappa shape index (κ3) is 5.39. The summed E-state index contributed by atoms with van der Waals surface area (Å²) in [5.74, 6) is -0.747. The number of benzene rings is 2. The second-order valence-corrected chi connectivity index (χ2v) is 9.87. The maximum atomic E-state index is 13.2. The van der Waals surface area contributed by atoms with Crippen molar-refractivity contribution < 1.29 is 19.2 Å².